The minimum absolute atomic E-state index is 0.107. The van der Waals surface area contributed by atoms with E-state index in [9.17, 15) is 20.1 Å². The second kappa shape index (κ2) is 12.5. The topological polar surface area (TPSA) is 98.0 Å². The summed E-state index contributed by atoms with van der Waals surface area (Å²) in [6.07, 6.45) is 9.36. The zero-order chi connectivity index (χ0) is 22.3. The number of carboxylic acid groups (broad SMARTS) is 1. The van der Waals surface area contributed by atoms with Crippen molar-refractivity contribution in [1.29, 1.82) is 0 Å². The molecule has 1 heterocycles. The number of aliphatic carboxylic acids is 1. The standard InChI is InChI=1S/C22H30Br2O5S/c1-13-21(23)22(24)19(30-13)11-9-14(25)8-10-16-15(17(26)12-18(16)27)6-4-2-3-5-7-20(28)29/h2,4,8,10,14-18,25-27H,3,5-7,9,11-12H2,1H3,(H,28,29)/b4-2-,10-8+/t14-,15-,16-,17+,18-/m1/s1. The van der Waals surface area contributed by atoms with Gasteiger partial charge in [0.05, 0.1) is 18.3 Å². The molecule has 30 heavy (non-hydrogen) atoms. The molecule has 1 saturated carbocycles. The molecule has 0 bridgehead atoms. The van der Waals surface area contributed by atoms with Crippen LogP contribution in [0, 0.1) is 18.8 Å². The second-order valence-electron chi connectivity index (χ2n) is 7.80. The predicted octanol–water partition coefficient (Wildman–Crippen LogP) is 4.99. The van der Waals surface area contributed by atoms with Crippen LogP contribution >= 0.6 is 43.2 Å². The Morgan fingerprint density at radius 2 is 1.97 bits per heavy atom. The number of thiophene rings is 1. The molecule has 168 valence electrons. The van der Waals surface area contributed by atoms with Crippen LogP contribution in [0.2, 0.25) is 0 Å². The van der Waals surface area contributed by atoms with Crippen molar-refractivity contribution in [2.24, 2.45) is 11.8 Å². The van der Waals surface area contributed by atoms with Gasteiger partial charge in [-0.3, -0.25) is 4.79 Å². The highest BCUT2D eigenvalue weighted by Gasteiger charge is 2.39. The number of aliphatic hydroxyl groups is 3. The van der Waals surface area contributed by atoms with E-state index in [2.05, 4.69) is 31.9 Å². The van der Waals surface area contributed by atoms with Crippen molar-refractivity contribution >= 4 is 49.2 Å². The number of aryl methyl sites for hydroxylation is 2. The van der Waals surface area contributed by atoms with Gasteiger partial charge in [-0.15, -0.1) is 11.3 Å². The summed E-state index contributed by atoms with van der Waals surface area (Å²) in [6.45, 7) is 2.05. The average Bonchev–Trinajstić information content (AvgIpc) is 3.09. The van der Waals surface area contributed by atoms with E-state index in [1.165, 1.54) is 9.75 Å². The molecular formula is C22H30Br2O5S. The lowest BCUT2D eigenvalue weighted by Crippen LogP contribution is -2.20. The van der Waals surface area contributed by atoms with Crippen molar-refractivity contribution in [2.45, 2.75) is 70.2 Å². The van der Waals surface area contributed by atoms with E-state index in [4.69, 9.17) is 5.11 Å². The average molecular weight is 566 g/mol. The number of halogens is 2. The molecule has 8 heteroatoms. The number of unbranched alkanes of at least 4 members (excludes halogenated alkanes) is 1. The Labute approximate surface area is 198 Å². The fourth-order valence-electron chi connectivity index (χ4n) is 3.79. The molecule has 1 aliphatic rings. The van der Waals surface area contributed by atoms with Crippen LogP contribution in [0.25, 0.3) is 0 Å². The Morgan fingerprint density at radius 3 is 2.60 bits per heavy atom. The van der Waals surface area contributed by atoms with Crippen LogP contribution in [-0.4, -0.2) is 44.7 Å². The molecule has 0 unspecified atom stereocenters. The number of allylic oxidation sites excluding steroid dienone is 2. The van der Waals surface area contributed by atoms with Gasteiger partial charge in [0.2, 0.25) is 0 Å². The SMILES string of the molecule is Cc1sc(CC[C@H](O)/C=C/[C@@H]2[C@@H](C/C=C\CCCC(=O)O)[C@@H](O)C[C@H]2O)c(Br)c1Br. The first-order valence-electron chi connectivity index (χ1n) is 10.2. The maximum absolute atomic E-state index is 10.5. The molecular weight excluding hydrogens is 536 g/mol. The summed E-state index contributed by atoms with van der Waals surface area (Å²) in [5.41, 5.74) is 0. The summed E-state index contributed by atoms with van der Waals surface area (Å²) in [7, 11) is 0. The summed E-state index contributed by atoms with van der Waals surface area (Å²) >= 11 is 8.83. The number of aliphatic hydroxyl groups excluding tert-OH is 3. The Balaban J connectivity index is 1.86. The van der Waals surface area contributed by atoms with Gasteiger partial charge in [0, 0.05) is 37.5 Å². The van der Waals surface area contributed by atoms with Crippen LogP contribution in [0.5, 0.6) is 0 Å². The molecule has 0 aromatic carbocycles. The fourth-order valence-corrected chi connectivity index (χ4v) is 6.25. The van der Waals surface area contributed by atoms with Crippen LogP contribution in [0.3, 0.4) is 0 Å². The number of carbonyl (C=O) groups is 1. The van der Waals surface area contributed by atoms with Crippen molar-refractivity contribution in [3.05, 3.63) is 43.0 Å². The summed E-state index contributed by atoms with van der Waals surface area (Å²) < 4.78 is 2.11. The maximum atomic E-state index is 10.5. The number of hydrogen-bond acceptors (Lipinski definition) is 5. The van der Waals surface area contributed by atoms with Gasteiger partial charge in [0.15, 0.2) is 0 Å². The first-order chi connectivity index (χ1) is 14.2. The smallest absolute Gasteiger partial charge is 0.303 e. The molecule has 1 aromatic rings. The molecule has 4 N–H and O–H groups in total. The highest BCUT2D eigenvalue weighted by molar-refractivity contribution is 9.13. The lowest BCUT2D eigenvalue weighted by Gasteiger charge is -2.19. The van der Waals surface area contributed by atoms with E-state index in [-0.39, 0.29) is 18.3 Å². The van der Waals surface area contributed by atoms with Gasteiger partial charge in [0.25, 0.3) is 0 Å². The molecule has 0 saturated heterocycles. The van der Waals surface area contributed by atoms with E-state index < -0.39 is 24.3 Å². The molecule has 1 aliphatic carbocycles. The molecule has 0 spiro atoms. The van der Waals surface area contributed by atoms with Gasteiger partial charge < -0.3 is 20.4 Å². The summed E-state index contributed by atoms with van der Waals surface area (Å²) in [5, 5.41) is 39.7. The van der Waals surface area contributed by atoms with E-state index >= 15 is 0 Å². The van der Waals surface area contributed by atoms with Gasteiger partial charge in [-0.2, -0.15) is 0 Å². The van der Waals surface area contributed by atoms with Crippen molar-refractivity contribution in [3.8, 4) is 0 Å². The largest absolute Gasteiger partial charge is 0.481 e. The third-order valence-corrected chi connectivity index (χ3v) is 9.59. The highest BCUT2D eigenvalue weighted by Crippen LogP contribution is 2.38. The third-order valence-electron chi connectivity index (χ3n) is 5.50. The monoisotopic (exact) mass is 564 g/mol. The van der Waals surface area contributed by atoms with E-state index in [1.54, 1.807) is 17.4 Å². The van der Waals surface area contributed by atoms with Crippen LogP contribution in [0.1, 0.15) is 48.3 Å². The van der Waals surface area contributed by atoms with Crippen LogP contribution in [0.4, 0.5) is 0 Å². The van der Waals surface area contributed by atoms with Crippen molar-refractivity contribution in [3.63, 3.8) is 0 Å². The van der Waals surface area contributed by atoms with Crippen LogP contribution in [0.15, 0.2) is 33.2 Å². The minimum Gasteiger partial charge on any atom is -0.481 e. The predicted molar refractivity (Wildman–Crippen MR) is 127 cm³/mol. The number of hydrogen-bond donors (Lipinski definition) is 4. The van der Waals surface area contributed by atoms with E-state index in [0.717, 1.165) is 15.4 Å². The Morgan fingerprint density at radius 1 is 1.23 bits per heavy atom. The van der Waals surface area contributed by atoms with Gasteiger partial charge in [0.1, 0.15) is 0 Å². The Kier molecular flexibility index (Phi) is 10.7. The third kappa shape index (κ3) is 7.57. The Bertz CT molecular complexity index is 761. The van der Waals surface area contributed by atoms with Crippen molar-refractivity contribution < 1.29 is 25.2 Å². The molecule has 5 nitrogen and oxygen atoms in total. The molecule has 0 radical (unpaired) electrons. The van der Waals surface area contributed by atoms with Gasteiger partial charge >= 0.3 is 5.97 Å². The molecule has 0 aliphatic heterocycles. The molecule has 1 fully saturated rings. The minimum atomic E-state index is -0.796. The molecule has 5 atom stereocenters. The fraction of sp³-hybridized carbons (Fsp3) is 0.591. The molecule has 0 amide bonds. The van der Waals surface area contributed by atoms with Gasteiger partial charge in [-0.1, -0.05) is 24.3 Å². The van der Waals surface area contributed by atoms with Gasteiger partial charge in [-0.05, 0) is 76.8 Å². The van der Waals surface area contributed by atoms with Crippen molar-refractivity contribution in [2.75, 3.05) is 0 Å². The quantitative estimate of drug-likeness (QED) is 0.224. The summed E-state index contributed by atoms with van der Waals surface area (Å²) in [6, 6.07) is 0. The van der Waals surface area contributed by atoms with Crippen LogP contribution in [-0.2, 0) is 11.2 Å². The normalized spacial score (nSPS) is 25.5. The zero-order valence-electron chi connectivity index (χ0n) is 17.0. The number of carboxylic acids is 1. The van der Waals surface area contributed by atoms with E-state index in [1.807, 2.05) is 25.2 Å². The zero-order valence-corrected chi connectivity index (χ0v) is 21.0. The summed E-state index contributed by atoms with van der Waals surface area (Å²) in [5.74, 6) is -1.11. The number of rotatable bonds is 11. The lowest BCUT2D eigenvalue weighted by atomic mass is 9.89. The maximum Gasteiger partial charge on any atom is 0.303 e. The van der Waals surface area contributed by atoms with Crippen LogP contribution < -0.4 is 0 Å². The van der Waals surface area contributed by atoms with Gasteiger partial charge in [-0.25, -0.2) is 0 Å². The highest BCUT2D eigenvalue weighted by atomic mass is 79.9. The first kappa shape index (κ1) is 25.7. The molecule has 1 aromatic heterocycles. The molecule has 2 rings (SSSR count). The lowest BCUT2D eigenvalue weighted by molar-refractivity contribution is -0.137. The Hall–Kier alpha value is -0.510. The first-order valence-corrected chi connectivity index (χ1v) is 12.6. The van der Waals surface area contributed by atoms with E-state index in [0.29, 0.717) is 32.1 Å². The van der Waals surface area contributed by atoms with Crippen molar-refractivity contribution in [1.82, 2.24) is 0 Å². The second-order valence-corrected chi connectivity index (χ2v) is 10.7. The summed E-state index contributed by atoms with van der Waals surface area (Å²) in [4.78, 5) is 12.9.